The molecule has 0 aromatic rings. The van der Waals surface area contributed by atoms with Crippen LogP contribution in [0.5, 0.6) is 0 Å². The van der Waals surface area contributed by atoms with Gasteiger partial charge in [0.1, 0.15) is 0 Å². The maximum absolute atomic E-state index is 9.60. The zero-order valence-electron chi connectivity index (χ0n) is 29.3. The second-order valence-corrected chi connectivity index (χ2v) is 11.0. The highest BCUT2D eigenvalue weighted by atomic mass is 16.6. The van der Waals surface area contributed by atoms with E-state index in [-0.39, 0.29) is 62.0 Å². The van der Waals surface area contributed by atoms with Crippen LogP contribution in [0.3, 0.4) is 0 Å². The van der Waals surface area contributed by atoms with Gasteiger partial charge in [-0.3, -0.25) is 0 Å². The van der Waals surface area contributed by atoms with Gasteiger partial charge in [-0.15, -0.1) is 0 Å². The Balaban J connectivity index is -0.000000257. The topological polar surface area (TPSA) is 214 Å². The normalized spacial score (nSPS) is 16.8. The quantitative estimate of drug-likeness (QED) is 0.0811. The fraction of sp³-hybridized carbons (Fsp3) is 0.903. The standard InChI is InChI=1S/3C9H20O4.C4H6O2/c3*1-7(11)5-12-9(3)6-13-8(2)4-10;1-3(2)4(5)6/h3*7-11H,4-6H2,1-3H3;1H2,2H3,(H,5,6). The number of rotatable bonds is 22. The SMILES string of the molecule is C=C(C)C(=O)O.CC(O)COC(C)COC(C)CO.CC(O)COC(C)COC(C)CO.CC(O)COC(C)COC(C)CO. The van der Waals surface area contributed by atoms with Crippen molar-refractivity contribution in [1.29, 1.82) is 0 Å². The monoisotopic (exact) mass is 662 g/mol. The molecule has 0 fully saturated rings. The van der Waals surface area contributed by atoms with Crippen LogP contribution in [0.2, 0.25) is 0 Å². The summed E-state index contributed by atoms with van der Waals surface area (Å²) in [5.41, 5.74) is 0.176. The van der Waals surface area contributed by atoms with E-state index in [1.807, 2.05) is 20.8 Å². The molecule has 0 aromatic heterocycles. The lowest BCUT2D eigenvalue weighted by Gasteiger charge is -2.16. The molecule has 0 amide bonds. The van der Waals surface area contributed by atoms with E-state index >= 15 is 0 Å². The Morgan fingerprint density at radius 3 is 0.800 bits per heavy atom. The summed E-state index contributed by atoms with van der Waals surface area (Å²) in [7, 11) is 0. The summed E-state index contributed by atoms with van der Waals surface area (Å²) < 4.78 is 31.4. The number of hydrogen-bond donors (Lipinski definition) is 7. The first-order valence-electron chi connectivity index (χ1n) is 15.3. The third kappa shape index (κ3) is 47.3. The second kappa shape index (κ2) is 34.1. The number of hydrogen-bond acceptors (Lipinski definition) is 13. The first-order valence-corrected chi connectivity index (χ1v) is 15.3. The van der Waals surface area contributed by atoms with Crippen LogP contribution >= 0.6 is 0 Å². The maximum Gasteiger partial charge on any atom is 0.330 e. The van der Waals surface area contributed by atoms with Crippen molar-refractivity contribution in [2.75, 3.05) is 59.5 Å². The van der Waals surface area contributed by atoms with Crippen LogP contribution in [-0.4, -0.2) is 156 Å². The molecule has 0 bridgehead atoms. The van der Waals surface area contributed by atoms with Gasteiger partial charge in [-0.1, -0.05) is 6.58 Å². The largest absolute Gasteiger partial charge is 0.478 e. The minimum absolute atomic E-state index is 0.0170. The summed E-state index contributed by atoms with van der Waals surface area (Å²) in [6.45, 7) is 22.9. The first-order chi connectivity index (χ1) is 20.8. The van der Waals surface area contributed by atoms with Gasteiger partial charge in [0.05, 0.1) is 114 Å². The summed E-state index contributed by atoms with van der Waals surface area (Å²) in [6.07, 6.45) is -1.96. The molecule has 0 saturated heterocycles. The fourth-order valence-electron chi connectivity index (χ4n) is 2.11. The Morgan fingerprint density at radius 2 is 0.667 bits per heavy atom. The molecule has 0 radical (unpaired) electrons. The van der Waals surface area contributed by atoms with E-state index in [1.165, 1.54) is 6.92 Å². The van der Waals surface area contributed by atoms with Crippen LogP contribution in [0, 0.1) is 0 Å². The van der Waals surface area contributed by atoms with Gasteiger partial charge in [0.15, 0.2) is 0 Å². The number of aliphatic hydroxyl groups is 6. The minimum Gasteiger partial charge on any atom is -0.478 e. The Hall–Kier alpha value is -1.27. The number of aliphatic carboxylic acids is 1. The van der Waals surface area contributed by atoms with Gasteiger partial charge in [0, 0.05) is 5.57 Å². The van der Waals surface area contributed by atoms with Gasteiger partial charge >= 0.3 is 5.97 Å². The van der Waals surface area contributed by atoms with Crippen molar-refractivity contribution < 1.29 is 69.0 Å². The molecule has 45 heavy (non-hydrogen) atoms. The predicted molar refractivity (Wildman–Crippen MR) is 171 cm³/mol. The first kappa shape index (κ1) is 50.6. The lowest BCUT2D eigenvalue weighted by atomic mass is 10.4. The summed E-state index contributed by atoms with van der Waals surface area (Å²) in [4.78, 5) is 9.60. The Kier molecular flexibility index (Phi) is 38.3. The van der Waals surface area contributed by atoms with Crippen LogP contribution in [-0.2, 0) is 33.2 Å². The summed E-state index contributed by atoms with van der Waals surface area (Å²) >= 11 is 0. The minimum atomic E-state index is -0.935. The maximum atomic E-state index is 9.60. The molecule has 0 aliphatic carbocycles. The van der Waals surface area contributed by atoms with Gasteiger partial charge in [0.2, 0.25) is 0 Å². The summed E-state index contributed by atoms with van der Waals surface area (Å²) in [5.74, 6) is -0.935. The van der Waals surface area contributed by atoms with Crippen molar-refractivity contribution in [1.82, 2.24) is 0 Å². The molecule has 7 N–H and O–H groups in total. The van der Waals surface area contributed by atoms with E-state index in [0.29, 0.717) is 39.6 Å². The Morgan fingerprint density at radius 1 is 0.489 bits per heavy atom. The molecule has 0 rings (SSSR count). The number of aliphatic hydroxyl groups excluding tert-OH is 6. The van der Waals surface area contributed by atoms with Gasteiger partial charge in [-0.25, -0.2) is 4.79 Å². The Labute approximate surface area is 270 Å². The molecule has 9 atom stereocenters. The van der Waals surface area contributed by atoms with Gasteiger partial charge in [-0.2, -0.15) is 0 Å². The molecule has 0 saturated carbocycles. The van der Waals surface area contributed by atoms with Crippen molar-refractivity contribution in [2.45, 2.75) is 124 Å². The van der Waals surface area contributed by atoms with E-state index in [4.69, 9.17) is 64.2 Å². The van der Waals surface area contributed by atoms with Gasteiger partial charge < -0.3 is 64.2 Å². The summed E-state index contributed by atoms with van der Waals surface area (Å²) in [5, 5.41) is 60.6. The molecule has 0 heterocycles. The van der Waals surface area contributed by atoms with E-state index < -0.39 is 24.3 Å². The molecule has 0 aliphatic rings. The highest BCUT2D eigenvalue weighted by Crippen LogP contribution is 1.99. The number of carboxylic acid groups (broad SMARTS) is 1. The molecule has 14 heteroatoms. The number of ether oxygens (including phenoxy) is 6. The van der Waals surface area contributed by atoms with Crippen LogP contribution < -0.4 is 0 Å². The van der Waals surface area contributed by atoms with Crippen LogP contribution in [0.15, 0.2) is 12.2 Å². The van der Waals surface area contributed by atoms with E-state index in [2.05, 4.69) is 6.58 Å². The highest BCUT2D eigenvalue weighted by Gasteiger charge is 2.09. The smallest absolute Gasteiger partial charge is 0.330 e. The molecular formula is C31H66O14. The van der Waals surface area contributed by atoms with Crippen molar-refractivity contribution in [3.63, 3.8) is 0 Å². The third-order valence-electron chi connectivity index (χ3n) is 4.85. The second-order valence-electron chi connectivity index (χ2n) is 11.0. The third-order valence-corrected chi connectivity index (χ3v) is 4.85. The van der Waals surface area contributed by atoms with Crippen molar-refractivity contribution in [3.8, 4) is 0 Å². The van der Waals surface area contributed by atoms with Crippen molar-refractivity contribution in [2.24, 2.45) is 0 Å². The number of carbonyl (C=O) groups is 1. The number of carboxylic acids is 1. The summed E-state index contributed by atoms with van der Waals surface area (Å²) in [6, 6.07) is 0. The molecule has 0 spiro atoms. The van der Waals surface area contributed by atoms with E-state index in [0.717, 1.165) is 0 Å². The zero-order valence-corrected chi connectivity index (χ0v) is 29.3. The molecule has 0 aromatic carbocycles. The lowest BCUT2D eigenvalue weighted by Crippen LogP contribution is -2.24. The zero-order chi connectivity index (χ0) is 36.0. The average molecular weight is 663 g/mol. The van der Waals surface area contributed by atoms with Gasteiger partial charge in [0.25, 0.3) is 0 Å². The predicted octanol–water partition coefficient (Wildman–Crippen LogP) is 1.16. The lowest BCUT2D eigenvalue weighted by molar-refractivity contribution is -0.132. The molecule has 274 valence electrons. The molecular weight excluding hydrogens is 596 g/mol. The fourth-order valence-corrected chi connectivity index (χ4v) is 2.11. The highest BCUT2D eigenvalue weighted by molar-refractivity contribution is 5.84. The molecule has 9 unspecified atom stereocenters. The van der Waals surface area contributed by atoms with Gasteiger partial charge in [-0.05, 0) is 69.2 Å². The van der Waals surface area contributed by atoms with E-state index in [1.54, 1.807) is 41.5 Å². The molecule has 14 nitrogen and oxygen atoms in total. The van der Waals surface area contributed by atoms with E-state index in [9.17, 15) is 4.79 Å². The Bertz CT molecular complexity index is 569. The van der Waals surface area contributed by atoms with Crippen LogP contribution in [0.1, 0.15) is 69.2 Å². The van der Waals surface area contributed by atoms with Crippen LogP contribution in [0.25, 0.3) is 0 Å². The van der Waals surface area contributed by atoms with Crippen molar-refractivity contribution >= 4 is 5.97 Å². The molecule has 0 aliphatic heterocycles. The van der Waals surface area contributed by atoms with Crippen molar-refractivity contribution in [3.05, 3.63) is 12.2 Å². The van der Waals surface area contributed by atoms with Crippen LogP contribution in [0.4, 0.5) is 0 Å². The average Bonchev–Trinajstić information content (AvgIpc) is 2.98.